The first kappa shape index (κ1) is 16.4. The van der Waals surface area contributed by atoms with Crippen LogP contribution >= 0.6 is 0 Å². The van der Waals surface area contributed by atoms with Crippen molar-refractivity contribution < 1.29 is 31.7 Å². The predicted octanol–water partition coefficient (Wildman–Crippen LogP) is -0.668. The highest BCUT2D eigenvalue weighted by Crippen LogP contribution is 2.13. The number of rotatable bonds is 7. The van der Waals surface area contributed by atoms with E-state index < -0.39 is 10.1 Å². The van der Waals surface area contributed by atoms with Crippen LogP contribution in [0.1, 0.15) is 13.3 Å². The third-order valence-corrected chi connectivity index (χ3v) is 4.11. The van der Waals surface area contributed by atoms with E-state index in [4.69, 9.17) is 9.47 Å². The lowest BCUT2D eigenvalue weighted by atomic mass is 10.2. The fraction of sp³-hybridized carbons (Fsp3) is 0.909. The SMILES string of the molecule is CC(=O)OCC[N+]1(CCCS(=O)(=O)[O-])CCOCC1. The van der Waals surface area contributed by atoms with Crippen molar-refractivity contribution in [3.05, 3.63) is 0 Å². The lowest BCUT2D eigenvalue weighted by Gasteiger charge is -2.41. The van der Waals surface area contributed by atoms with Crippen LogP contribution in [0.3, 0.4) is 0 Å². The summed E-state index contributed by atoms with van der Waals surface area (Å²) in [5.41, 5.74) is 0. The van der Waals surface area contributed by atoms with E-state index in [1.165, 1.54) is 6.92 Å². The molecule has 0 saturated carbocycles. The van der Waals surface area contributed by atoms with Crippen molar-refractivity contribution >= 4 is 16.1 Å². The van der Waals surface area contributed by atoms with Gasteiger partial charge in [-0.15, -0.1) is 0 Å². The molecule has 1 aliphatic heterocycles. The molecule has 19 heavy (non-hydrogen) atoms. The number of hydrogen-bond donors (Lipinski definition) is 0. The molecule has 112 valence electrons. The van der Waals surface area contributed by atoms with Gasteiger partial charge >= 0.3 is 5.97 Å². The number of hydrogen-bond acceptors (Lipinski definition) is 6. The van der Waals surface area contributed by atoms with E-state index in [-0.39, 0.29) is 11.7 Å². The van der Waals surface area contributed by atoms with Crippen molar-refractivity contribution in [2.24, 2.45) is 0 Å². The first-order chi connectivity index (χ1) is 8.83. The Kier molecular flexibility index (Phi) is 6.18. The Morgan fingerprint density at radius 3 is 2.47 bits per heavy atom. The minimum atomic E-state index is -4.16. The van der Waals surface area contributed by atoms with Gasteiger partial charge in [0.2, 0.25) is 0 Å². The van der Waals surface area contributed by atoms with Gasteiger partial charge in [-0.3, -0.25) is 4.79 Å². The van der Waals surface area contributed by atoms with Crippen LogP contribution in [0.4, 0.5) is 0 Å². The second-order valence-corrected chi connectivity index (χ2v) is 6.33. The number of carbonyl (C=O) groups excluding carboxylic acids is 1. The minimum Gasteiger partial charge on any atom is -0.748 e. The zero-order valence-corrected chi connectivity index (χ0v) is 12.0. The number of morpholine rings is 1. The summed E-state index contributed by atoms with van der Waals surface area (Å²) in [5, 5.41) is 0. The third kappa shape index (κ3) is 6.86. The molecule has 0 amide bonds. The smallest absolute Gasteiger partial charge is 0.302 e. The second kappa shape index (κ2) is 7.18. The topological polar surface area (TPSA) is 92.7 Å². The van der Waals surface area contributed by atoms with Gasteiger partial charge in [-0.25, -0.2) is 8.42 Å². The average Bonchev–Trinajstić information content (AvgIpc) is 2.28. The number of carbonyl (C=O) groups is 1. The molecule has 0 radical (unpaired) electrons. The van der Waals surface area contributed by atoms with Gasteiger partial charge in [-0.05, 0) is 0 Å². The standard InChI is InChI=1S/C11H21NO6S/c1-11(13)18-9-6-12(4-7-17-8-5-12)3-2-10-19(14,15)16/h2-10H2,1H3. The lowest BCUT2D eigenvalue weighted by molar-refractivity contribution is -0.935. The van der Waals surface area contributed by atoms with Crippen molar-refractivity contribution in [3.63, 3.8) is 0 Å². The van der Waals surface area contributed by atoms with Gasteiger partial charge in [0.25, 0.3) is 0 Å². The molecule has 7 nitrogen and oxygen atoms in total. The summed E-state index contributed by atoms with van der Waals surface area (Å²) in [5.74, 6) is -0.671. The van der Waals surface area contributed by atoms with Gasteiger partial charge in [0.05, 0.1) is 29.9 Å². The second-order valence-electron chi connectivity index (χ2n) is 4.80. The fourth-order valence-electron chi connectivity index (χ4n) is 2.25. The van der Waals surface area contributed by atoms with E-state index in [2.05, 4.69) is 0 Å². The number of esters is 1. The molecule has 0 aromatic rings. The van der Waals surface area contributed by atoms with Gasteiger partial charge < -0.3 is 18.5 Å². The summed E-state index contributed by atoms with van der Waals surface area (Å²) < 4.78 is 42.8. The zero-order chi connectivity index (χ0) is 14.4. The Labute approximate surface area is 113 Å². The Balaban J connectivity index is 2.47. The summed E-state index contributed by atoms with van der Waals surface area (Å²) in [6, 6.07) is 0. The van der Waals surface area contributed by atoms with E-state index in [1.54, 1.807) is 0 Å². The average molecular weight is 295 g/mol. The maximum absolute atomic E-state index is 10.8. The fourth-order valence-corrected chi connectivity index (χ4v) is 2.73. The quantitative estimate of drug-likeness (QED) is 0.351. The molecule has 0 aromatic heterocycles. The Morgan fingerprint density at radius 1 is 1.32 bits per heavy atom. The summed E-state index contributed by atoms with van der Waals surface area (Å²) in [4.78, 5) is 10.8. The highest BCUT2D eigenvalue weighted by atomic mass is 32.2. The molecular weight excluding hydrogens is 274 g/mol. The monoisotopic (exact) mass is 295 g/mol. The van der Waals surface area contributed by atoms with E-state index in [0.29, 0.717) is 43.8 Å². The molecule has 1 aliphatic rings. The molecule has 1 heterocycles. The molecule has 8 heteroatoms. The summed E-state index contributed by atoms with van der Waals surface area (Å²) in [6.45, 7) is 5.58. The molecule has 0 bridgehead atoms. The van der Waals surface area contributed by atoms with Crippen LogP contribution in [0.15, 0.2) is 0 Å². The summed E-state index contributed by atoms with van der Waals surface area (Å²) in [6.07, 6.45) is 0.325. The van der Waals surface area contributed by atoms with Crippen LogP contribution in [-0.2, 0) is 24.4 Å². The summed E-state index contributed by atoms with van der Waals surface area (Å²) in [7, 11) is -4.16. The first-order valence-electron chi connectivity index (χ1n) is 6.33. The minimum absolute atomic E-state index is 0.305. The Morgan fingerprint density at radius 2 is 1.95 bits per heavy atom. The molecule has 0 aliphatic carbocycles. The first-order valence-corrected chi connectivity index (χ1v) is 7.91. The van der Waals surface area contributed by atoms with Crippen molar-refractivity contribution in [2.75, 3.05) is 51.8 Å². The largest absolute Gasteiger partial charge is 0.748 e. The molecular formula is C11H21NO6S. The van der Waals surface area contributed by atoms with Crippen LogP contribution in [0.25, 0.3) is 0 Å². The summed E-state index contributed by atoms with van der Waals surface area (Å²) >= 11 is 0. The van der Waals surface area contributed by atoms with Crippen LogP contribution in [0, 0.1) is 0 Å². The zero-order valence-electron chi connectivity index (χ0n) is 11.2. The maximum atomic E-state index is 10.8. The van der Waals surface area contributed by atoms with Crippen LogP contribution in [0.2, 0.25) is 0 Å². The number of quaternary nitrogens is 1. The molecule has 0 aromatic carbocycles. The van der Waals surface area contributed by atoms with E-state index >= 15 is 0 Å². The highest BCUT2D eigenvalue weighted by Gasteiger charge is 2.30. The Bertz CT molecular complexity index is 388. The van der Waals surface area contributed by atoms with E-state index in [1.807, 2.05) is 0 Å². The molecule has 1 fully saturated rings. The van der Waals surface area contributed by atoms with Gasteiger partial charge in [0.15, 0.2) is 0 Å². The lowest BCUT2D eigenvalue weighted by Crippen LogP contribution is -2.57. The highest BCUT2D eigenvalue weighted by molar-refractivity contribution is 7.85. The van der Waals surface area contributed by atoms with Crippen LogP contribution in [-0.4, -0.2) is 75.2 Å². The number of ether oxygens (including phenoxy) is 2. The van der Waals surface area contributed by atoms with Gasteiger partial charge in [0, 0.05) is 19.1 Å². The number of nitrogens with zero attached hydrogens (tertiary/aromatic N) is 1. The molecule has 1 rings (SSSR count). The van der Waals surface area contributed by atoms with Crippen LogP contribution in [0.5, 0.6) is 0 Å². The predicted molar refractivity (Wildman–Crippen MR) is 66.4 cm³/mol. The van der Waals surface area contributed by atoms with Gasteiger partial charge in [-0.1, -0.05) is 0 Å². The van der Waals surface area contributed by atoms with E-state index in [9.17, 15) is 17.8 Å². The normalized spacial score (nSPS) is 19.1. The molecule has 0 N–H and O–H groups in total. The molecule has 1 saturated heterocycles. The van der Waals surface area contributed by atoms with E-state index in [0.717, 1.165) is 13.1 Å². The van der Waals surface area contributed by atoms with Crippen molar-refractivity contribution in [3.8, 4) is 0 Å². The molecule has 0 spiro atoms. The Hall–Kier alpha value is -0.700. The molecule has 0 unspecified atom stereocenters. The molecule has 0 atom stereocenters. The van der Waals surface area contributed by atoms with Gasteiger partial charge in [-0.2, -0.15) is 0 Å². The van der Waals surface area contributed by atoms with Crippen molar-refractivity contribution in [2.45, 2.75) is 13.3 Å². The van der Waals surface area contributed by atoms with Crippen molar-refractivity contribution in [1.82, 2.24) is 0 Å². The third-order valence-electron chi connectivity index (χ3n) is 3.32. The van der Waals surface area contributed by atoms with Crippen molar-refractivity contribution in [1.29, 1.82) is 0 Å². The van der Waals surface area contributed by atoms with Gasteiger partial charge in [0.1, 0.15) is 26.2 Å². The van der Waals surface area contributed by atoms with Crippen LogP contribution < -0.4 is 0 Å². The maximum Gasteiger partial charge on any atom is 0.302 e.